The van der Waals surface area contributed by atoms with Gasteiger partial charge < -0.3 is 19.7 Å². The number of piperazine rings is 1. The van der Waals surface area contributed by atoms with E-state index in [9.17, 15) is 14.4 Å². The molecule has 4 rings (SSSR count). The molecule has 9 nitrogen and oxygen atoms in total. The van der Waals surface area contributed by atoms with E-state index in [-0.39, 0.29) is 24.6 Å². The molecule has 2 aliphatic heterocycles. The number of methoxy groups -OCH3 is 1. The summed E-state index contributed by atoms with van der Waals surface area (Å²) < 4.78 is 10.7. The predicted octanol–water partition coefficient (Wildman–Crippen LogP) is 3.36. The molecule has 2 heterocycles. The third-order valence-electron chi connectivity index (χ3n) is 7.25. The van der Waals surface area contributed by atoms with E-state index in [1.165, 1.54) is 4.90 Å². The van der Waals surface area contributed by atoms with Crippen molar-refractivity contribution in [2.75, 3.05) is 46.9 Å². The average molecular weight is 521 g/mol. The second kappa shape index (κ2) is 11.7. The molecule has 9 heteroatoms. The van der Waals surface area contributed by atoms with Crippen molar-refractivity contribution in [2.24, 2.45) is 0 Å². The van der Waals surface area contributed by atoms with Crippen molar-refractivity contribution in [2.45, 2.75) is 32.9 Å². The van der Waals surface area contributed by atoms with Gasteiger partial charge in [0, 0.05) is 50.5 Å². The van der Waals surface area contributed by atoms with Crippen molar-refractivity contribution >= 4 is 17.9 Å². The van der Waals surface area contributed by atoms with Crippen LogP contribution in [-0.2, 0) is 9.53 Å². The smallest absolute Gasteiger partial charge is 0.338 e. The highest BCUT2D eigenvalue weighted by atomic mass is 16.5. The third-order valence-corrected chi connectivity index (χ3v) is 7.25. The number of likely N-dealkylation sites (N-methyl/N-ethyl adjacent to an activating group) is 1. The first-order valence-electron chi connectivity index (χ1n) is 12.9. The number of benzene rings is 2. The Morgan fingerprint density at radius 2 is 1.79 bits per heavy atom. The van der Waals surface area contributed by atoms with E-state index in [0.29, 0.717) is 48.8 Å². The predicted molar refractivity (Wildman–Crippen MR) is 144 cm³/mol. The van der Waals surface area contributed by atoms with Crippen LogP contribution in [0.4, 0.5) is 4.79 Å². The molecule has 0 unspecified atom stereocenters. The standard InChI is InChI=1S/C29H36N4O5/c1-6-38-28(35)25-24(31(4)29(36)30-26(25)23-10-8-7-9-19(23)2)18-32-15-16-33(20(3)17-32)27(34)21-11-13-22(37-5)14-12-21/h7-14,20,26H,6,15-18H2,1-5H3,(H,30,36)/t20-,26-/m1/s1. The van der Waals surface area contributed by atoms with Crippen molar-refractivity contribution in [1.82, 2.24) is 20.0 Å². The number of hydrogen-bond acceptors (Lipinski definition) is 6. The number of aryl methyl sites for hydroxylation is 1. The van der Waals surface area contributed by atoms with Crippen LogP contribution in [0, 0.1) is 6.92 Å². The first kappa shape index (κ1) is 27.2. The van der Waals surface area contributed by atoms with Crippen LogP contribution in [0.2, 0.25) is 0 Å². The molecule has 0 bridgehead atoms. The molecule has 0 spiro atoms. The summed E-state index contributed by atoms with van der Waals surface area (Å²) in [5, 5.41) is 2.98. The monoisotopic (exact) mass is 520 g/mol. The van der Waals surface area contributed by atoms with Crippen molar-refractivity contribution in [3.8, 4) is 5.75 Å². The zero-order valence-corrected chi connectivity index (χ0v) is 22.7. The molecule has 1 N–H and O–H groups in total. The van der Waals surface area contributed by atoms with Gasteiger partial charge in [-0.3, -0.25) is 14.6 Å². The molecule has 202 valence electrons. The van der Waals surface area contributed by atoms with Crippen molar-refractivity contribution < 1.29 is 23.9 Å². The molecule has 3 amide bonds. The molecule has 2 atom stereocenters. The molecule has 0 aromatic heterocycles. The van der Waals surface area contributed by atoms with Gasteiger partial charge in [-0.05, 0) is 56.2 Å². The maximum absolute atomic E-state index is 13.3. The summed E-state index contributed by atoms with van der Waals surface area (Å²) in [5.74, 6) is 0.235. The Labute approximate surface area is 224 Å². The van der Waals surface area contributed by atoms with Crippen LogP contribution >= 0.6 is 0 Å². The summed E-state index contributed by atoms with van der Waals surface area (Å²) in [4.78, 5) is 45.0. The van der Waals surface area contributed by atoms with Crippen molar-refractivity contribution in [3.63, 3.8) is 0 Å². The fourth-order valence-corrected chi connectivity index (χ4v) is 5.13. The fraction of sp³-hybridized carbons (Fsp3) is 0.414. The quantitative estimate of drug-likeness (QED) is 0.563. The van der Waals surface area contributed by atoms with Crippen LogP contribution in [0.3, 0.4) is 0 Å². The third kappa shape index (κ3) is 5.52. The SMILES string of the molecule is CCOC(=O)C1=C(CN2CCN(C(=O)c3ccc(OC)cc3)[C@H](C)C2)N(C)C(=O)N[C@@H]1c1ccccc1C. The van der Waals surface area contributed by atoms with Crippen LogP contribution in [0.5, 0.6) is 5.75 Å². The Kier molecular flexibility index (Phi) is 8.36. The number of rotatable bonds is 7. The first-order valence-corrected chi connectivity index (χ1v) is 12.9. The van der Waals surface area contributed by atoms with Crippen LogP contribution in [-0.4, -0.2) is 85.6 Å². The van der Waals surface area contributed by atoms with E-state index in [1.54, 1.807) is 45.3 Å². The summed E-state index contributed by atoms with van der Waals surface area (Å²) in [6.45, 7) is 8.11. The van der Waals surface area contributed by atoms with Crippen LogP contribution < -0.4 is 10.1 Å². The Hall–Kier alpha value is -3.85. The largest absolute Gasteiger partial charge is 0.497 e. The van der Waals surface area contributed by atoms with E-state index < -0.39 is 12.0 Å². The van der Waals surface area contributed by atoms with Crippen LogP contribution in [0.25, 0.3) is 0 Å². The van der Waals surface area contributed by atoms with Gasteiger partial charge in [-0.1, -0.05) is 24.3 Å². The number of urea groups is 1. The van der Waals surface area contributed by atoms with Gasteiger partial charge >= 0.3 is 12.0 Å². The lowest BCUT2D eigenvalue weighted by Gasteiger charge is -2.42. The van der Waals surface area contributed by atoms with E-state index in [2.05, 4.69) is 10.2 Å². The second-order valence-corrected chi connectivity index (χ2v) is 9.69. The number of carbonyl (C=O) groups is 3. The highest BCUT2D eigenvalue weighted by Gasteiger charge is 2.39. The Morgan fingerprint density at radius 3 is 2.42 bits per heavy atom. The second-order valence-electron chi connectivity index (χ2n) is 9.69. The fourth-order valence-electron chi connectivity index (χ4n) is 5.13. The van der Waals surface area contributed by atoms with E-state index in [0.717, 1.165) is 11.1 Å². The van der Waals surface area contributed by atoms with Gasteiger partial charge in [0.2, 0.25) is 0 Å². The topological polar surface area (TPSA) is 91.4 Å². The minimum absolute atomic E-state index is 0.0278. The van der Waals surface area contributed by atoms with Crippen LogP contribution in [0.1, 0.15) is 41.4 Å². The number of nitrogens with zero attached hydrogens (tertiary/aromatic N) is 3. The summed E-state index contributed by atoms with van der Waals surface area (Å²) in [6, 6.07) is 13.9. The molecule has 1 saturated heterocycles. The lowest BCUT2D eigenvalue weighted by atomic mass is 9.91. The molecule has 2 aromatic rings. The van der Waals surface area contributed by atoms with Gasteiger partial charge in [-0.2, -0.15) is 0 Å². The first-order chi connectivity index (χ1) is 18.2. The Morgan fingerprint density at radius 1 is 1.08 bits per heavy atom. The molecule has 1 fully saturated rings. The molecule has 2 aromatic carbocycles. The average Bonchev–Trinajstić information content (AvgIpc) is 2.91. The highest BCUT2D eigenvalue weighted by Crippen LogP contribution is 2.33. The number of amides is 3. The zero-order chi connectivity index (χ0) is 27.4. The zero-order valence-electron chi connectivity index (χ0n) is 22.7. The Bertz CT molecular complexity index is 1230. The normalized spacial score (nSPS) is 20.3. The van der Waals surface area contributed by atoms with Gasteiger partial charge in [0.25, 0.3) is 5.91 Å². The van der Waals surface area contributed by atoms with Gasteiger partial charge in [-0.15, -0.1) is 0 Å². The number of esters is 1. The van der Waals surface area contributed by atoms with E-state index >= 15 is 0 Å². The van der Waals surface area contributed by atoms with Gasteiger partial charge in [-0.25, -0.2) is 9.59 Å². The van der Waals surface area contributed by atoms with Crippen LogP contribution in [0.15, 0.2) is 59.8 Å². The van der Waals surface area contributed by atoms with Crippen molar-refractivity contribution in [1.29, 1.82) is 0 Å². The maximum atomic E-state index is 13.3. The summed E-state index contributed by atoms with van der Waals surface area (Å²) in [7, 11) is 3.27. The Balaban J connectivity index is 1.59. The lowest BCUT2D eigenvalue weighted by Crippen LogP contribution is -2.56. The number of hydrogen-bond donors (Lipinski definition) is 1. The number of ether oxygens (including phenoxy) is 2. The van der Waals surface area contributed by atoms with E-state index in [4.69, 9.17) is 9.47 Å². The van der Waals surface area contributed by atoms with Gasteiger partial charge in [0.05, 0.1) is 25.3 Å². The summed E-state index contributed by atoms with van der Waals surface area (Å²) in [6.07, 6.45) is 0. The molecule has 2 aliphatic rings. The van der Waals surface area contributed by atoms with Crippen molar-refractivity contribution in [3.05, 3.63) is 76.5 Å². The molecular formula is C29H36N4O5. The number of carbonyl (C=O) groups excluding carboxylic acids is 3. The molecule has 0 aliphatic carbocycles. The minimum Gasteiger partial charge on any atom is -0.497 e. The highest BCUT2D eigenvalue weighted by molar-refractivity contribution is 5.95. The lowest BCUT2D eigenvalue weighted by molar-refractivity contribution is -0.139. The molecule has 0 radical (unpaired) electrons. The summed E-state index contributed by atoms with van der Waals surface area (Å²) in [5.41, 5.74) is 3.50. The van der Waals surface area contributed by atoms with Gasteiger partial charge in [0.1, 0.15) is 5.75 Å². The summed E-state index contributed by atoms with van der Waals surface area (Å²) >= 11 is 0. The molecule has 0 saturated carbocycles. The minimum atomic E-state index is -0.607. The van der Waals surface area contributed by atoms with E-state index in [1.807, 2.05) is 43.0 Å². The number of nitrogens with one attached hydrogen (secondary N) is 1. The maximum Gasteiger partial charge on any atom is 0.338 e. The molecule has 38 heavy (non-hydrogen) atoms. The molecular weight excluding hydrogens is 484 g/mol. The van der Waals surface area contributed by atoms with Gasteiger partial charge in [0.15, 0.2) is 0 Å².